The summed E-state index contributed by atoms with van der Waals surface area (Å²) in [5.41, 5.74) is 0.434. The van der Waals surface area contributed by atoms with Gasteiger partial charge < -0.3 is 24.3 Å². The molecule has 1 N–H and O–H groups in total. The first-order valence-corrected chi connectivity index (χ1v) is 10.0. The summed E-state index contributed by atoms with van der Waals surface area (Å²) in [6.45, 7) is -0.377. The van der Waals surface area contributed by atoms with Crippen LogP contribution in [0.3, 0.4) is 0 Å². The van der Waals surface area contributed by atoms with Crippen LogP contribution >= 0.6 is 11.6 Å². The number of furan rings is 1. The average Bonchev–Trinajstić information content (AvgIpc) is 3.45. The van der Waals surface area contributed by atoms with Gasteiger partial charge in [0.25, 0.3) is 11.8 Å². The Bertz CT molecular complexity index is 962. The molecule has 0 aliphatic carbocycles. The van der Waals surface area contributed by atoms with Gasteiger partial charge in [-0.3, -0.25) is 14.4 Å². The van der Waals surface area contributed by atoms with Gasteiger partial charge in [0.2, 0.25) is 5.91 Å². The molecular weight excluding hydrogens is 426 g/mol. The number of likely N-dealkylation sites (tertiary alicyclic amines) is 1. The number of nitrogens with one attached hydrogen (secondary N) is 1. The van der Waals surface area contributed by atoms with Crippen molar-refractivity contribution in [3.8, 4) is 0 Å². The van der Waals surface area contributed by atoms with E-state index in [1.165, 1.54) is 24.3 Å². The zero-order valence-corrected chi connectivity index (χ0v) is 17.6. The Labute approximate surface area is 183 Å². The molecule has 164 valence electrons. The van der Waals surface area contributed by atoms with Gasteiger partial charge >= 0.3 is 5.97 Å². The van der Waals surface area contributed by atoms with Crippen molar-refractivity contribution in [1.29, 1.82) is 0 Å². The van der Waals surface area contributed by atoms with Crippen LogP contribution < -0.4 is 5.32 Å². The van der Waals surface area contributed by atoms with Crippen molar-refractivity contribution < 1.29 is 28.3 Å². The fraction of sp³-hybridized carbons (Fsp3) is 0.333. The lowest BCUT2D eigenvalue weighted by Gasteiger charge is -2.23. The summed E-state index contributed by atoms with van der Waals surface area (Å²) in [6, 6.07) is 9.06. The average molecular weight is 448 g/mol. The molecule has 1 aromatic heterocycles. The zero-order chi connectivity index (χ0) is 22.4. The number of benzene rings is 1. The molecule has 2 heterocycles. The van der Waals surface area contributed by atoms with Crippen LogP contribution in [0, 0.1) is 0 Å². The van der Waals surface area contributed by atoms with E-state index in [0.717, 1.165) is 4.90 Å². The van der Waals surface area contributed by atoms with Gasteiger partial charge in [-0.1, -0.05) is 23.7 Å². The Morgan fingerprint density at radius 3 is 2.71 bits per heavy atom. The number of ether oxygens (including phenoxy) is 1. The molecule has 1 unspecified atom stereocenters. The Balaban J connectivity index is 1.48. The first-order valence-electron chi connectivity index (χ1n) is 9.66. The molecule has 3 amide bonds. The maximum Gasteiger partial charge on any atom is 0.329 e. The molecule has 9 nitrogen and oxygen atoms in total. The normalized spacial score (nSPS) is 15.4. The van der Waals surface area contributed by atoms with Gasteiger partial charge in [-0.2, -0.15) is 0 Å². The van der Waals surface area contributed by atoms with E-state index in [1.54, 1.807) is 30.3 Å². The van der Waals surface area contributed by atoms with E-state index in [1.807, 2.05) is 0 Å². The van der Waals surface area contributed by atoms with Gasteiger partial charge in [-0.05, 0) is 37.1 Å². The molecule has 1 atom stereocenters. The Hall–Kier alpha value is -3.33. The van der Waals surface area contributed by atoms with Crippen LogP contribution in [0.2, 0.25) is 5.02 Å². The lowest BCUT2D eigenvalue weighted by molar-refractivity contribution is -0.155. The number of hydrogen-bond donors (Lipinski definition) is 1. The van der Waals surface area contributed by atoms with E-state index >= 15 is 0 Å². The van der Waals surface area contributed by atoms with E-state index in [0.29, 0.717) is 30.1 Å². The molecule has 3 rings (SSSR count). The van der Waals surface area contributed by atoms with Crippen molar-refractivity contribution in [2.75, 3.05) is 32.1 Å². The maximum atomic E-state index is 12.5. The van der Waals surface area contributed by atoms with E-state index in [9.17, 15) is 19.2 Å². The highest BCUT2D eigenvalue weighted by Gasteiger charge is 2.37. The van der Waals surface area contributed by atoms with E-state index in [4.69, 9.17) is 20.8 Å². The molecule has 2 aromatic rings. The fourth-order valence-corrected chi connectivity index (χ4v) is 3.37. The molecule has 0 spiro atoms. The molecule has 1 aliphatic heterocycles. The van der Waals surface area contributed by atoms with Crippen molar-refractivity contribution >= 4 is 41.0 Å². The lowest BCUT2D eigenvalue weighted by atomic mass is 10.2. The minimum absolute atomic E-state index is 0.139. The number of halogens is 1. The highest BCUT2D eigenvalue weighted by atomic mass is 35.5. The number of para-hydroxylation sites is 1. The molecule has 1 saturated heterocycles. The molecule has 10 heteroatoms. The van der Waals surface area contributed by atoms with Gasteiger partial charge in [-0.25, -0.2) is 4.79 Å². The van der Waals surface area contributed by atoms with Gasteiger partial charge in [0.1, 0.15) is 6.04 Å². The molecule has 1 fully saturated rings. The lowest BCUT2D eigenvalue weighted by Crippen LogP contribution is -2.43. The third-order valence-corrected chi connectivity index (χ3v) is 5.14. The summed E-state index contributed by atoms with van der Waals surface area (Å²) in [5.74, 6) is -1.92. The van der Waals surface area contributed by atoms with Crippen molar-refractivity contribution in [3.05, 3.63) is 53.4 Å². The number of amides is 3. The zero-order valence-electron chi connectivity index (χ0n) is 16.9. The summed E-state index contributed by atoms with van der Waals surface area (Å²) in [7, 11) is 1.42. The van der Waals surface area contributed by atoms with Crippen molar-refractivity contribution in [2.24, 2.45) is 0 Å². The van der Waals surface area contributed by atoms with Crippen molar-refractivity contribution in [1.82, 2.24) is 9.80 Å². The molecule has 0 bridgehead atoms. The predicted octanol–water partition coefficient (Wildman–Crippen LogP) is 2.18. The third-order valence-electron chi connectivity index (χ3n) is 4.81. The number of rotatable bonds is 7. The van der Waals surface area contributed by atoms with E-state index in [-0.39, 0.29) is 12.3 Å². The first-order chi connectivity index (χ1) is 14.9. The summed E-state index contributed by atoms with van der Waals surface area (Å²) in [6.07, 6.45) is 2.46. The Morgan fingerprint density at radius 2 is 2.00 bits per heavy atom. The van der Waals surface area contributed by atoms with Gasteiger partial charge in [0, 0.05) is 13.6 Å². The first kappa shape index (κ1) is 22.4. The van der Waals surface area contributed by atoms with E-state index in [2.05, 4.69) is 5.32 Å². The van der Waals surface area contributed by atoms with Crippen LogP contribution in [-0.2, 0) is 19.1 Å². The molecule has 1 aliphatic rings. The second-order valence-corrected chi connectivity index (χ2v) is 7.43. The van der Waals surface area contributed by atoms with E-state index < -0.39 is 36.3 Å². The molecule has 0 radical (unpaired) electrons. The van der Waals surface area contributed by atoms with Gasteiger partial charge in [0.05, 0.1) is 23.5 Å². The molecule has 0 saturated carbocycles. The number of anilines is 1. The molecular formula is C21H22ClN3O6. The smallest absolute Gasteiger partial charge is 0.329 e. The fourth-order valence-electron chi connectivity index (χ4n) is 3.19. The minimum Gasteiger partial charge on any atom is -0.459 e. The van der Waals surface area contributed by atoms with Crippen LogP contribution in [0.5, 0.6) is 0 Å². The van der Waals surface area contributed by atoms with Crippen LogP contribution in [0.1, 0.15) is 23.4 Å². The number of carbonyl (C=O) groups is 4. The molecule has 31 heavy (non-hydrogen) atoms. The maximum absolute atomic E-state index is 12.5. The minimum atomic E-state index is -0.778. The topological polar surface area (TPSA) is 109 Å². The second kappa shape index (κ2) is 10.1. The SMILES string of the molecule is CN(CC(=O)Nc1ccccc1Cl)C(=O)COC(=O)C1CCCN1C(=O)c1ccco1. The predicted molar refractivity (Wildman–Crippen MR) is 111 cm³/mol. The number of hydrogen-bond acceptors (Lipinski definition) is 6. The van der Waals surface area contributed by atoms with Crippen molar-refractivity contribution in [3.63, 3.8) is 0 Å². The van der Waals surface area contributed by atoms with Gasteiger partial charge in [-0.15, -0.1) is 0 Å². The van der Waals surface area contributed by atoms with Crippen LogP contribution in [0.25, 0.3) is 0 Å². The number of carbonyl (C=O) groups excluding carboxylic acids is 4. The summed E-state index contributed by atoms with van der Waals surface area (Å²) in [4.78, 5) is 51.8. The summed E-state index contributed by atoms with van der Waals surface area (Å²) < 4.78 is 10.2. The number of esters is 1. The monoisotopic (exact) mass is 447 g/mol. The summed E-state index contributed by atoms with van der Waals surface area (Å²) >= 11 is 5.99. The second-order valence-electron chi connectivity index (χ2n) is 7.02. The third kappa shape index (κ3) is 5.64. The number of nitrogens with zero attached hydrogens (tertiary/aromatic N) is 2. The van der Waals surface area contributed by atoms with Crippen molar-refractivity contribution in [2.45, 2.75) is 18.9 Å². The Kier molecular flexibility index (Phi) is 7.30. The highest BCUT2D eigenvalue weighted by Crippen LogP contribution is 2.22. The largest absolute Gasteiger partial charge is 0.459 e. The van der Waals surface area contributed by atoms with Crippen LogP contribution in [0.15, 0.2) is 47.1 Å². The number of likely N-dealkylation sites (N-methyl/N-ethyl adjacent to an activating group) is 1. The van der Waals surface area contributed by atoms with Crippen LogP contribution in [-0.4, -0.2) is 66.3 Å². The molecule has 1 aromatic carbocycles. The Morgan fingerprint density at radius 1 is 1.23 bits per heavy atom. The quantitative estimate of drug-likeness (QED) is 0.651. The summed E-state index contributed by atoms with van der Waals surface area (Å²) in [5, 5.41) is 2.99. The van der Waals surface area contributed by atoms with Gasteiger partial charge in [0.15, 0.2) is 12.4 Å². The highest BCUT2D eigenvalue weighted by molar-refractivity contribution is 6.33. The van der Waals surface area contributed by atoms with Crippen LogP contribution in [0.4, 0.5) is 5.69 Å². The standard InChI is InChI=1S/C21H22ClN3O6/c1-24(12-18(26)23-15-7-3-2-6-14(15)22)19(27)13-31-21(29)16-8-4-10-25(16)20(28)17-9-5-11-30-17/h2-3,5-7,9,11,16H,4,8,10,12-13H2,1H3,(H,23,26).